The van der Waals surface area contributed by atoms with Crippen molar-refractivity contribution in [1.29, 1.82) is 5.26 Å². The number of nitrogens with zero attached hydrogens (tertiary/aromatic N) is 2. The summed E-state index contributed by atoms with van der Waals surface area (Å²) in [4.78, 5) is 2.41. The molecule has 2 N–H and O–H groups in total. The molecule has 0 radical (unpaired) electrons. The summed E-state index contributed by atoms with van der Waals surface area (Å²) in [7, 11) is 0. The maximum Gasteiger partial charge on any atom is 0.131 e. The van der Waals surface area contributed by atoms with E-state index in [2.05, 4.69) is 17.9 Å². The predicted molar refractivity (Wildman–Crippen MR) is 72.8 cm³/mol. The number of nitriles is 1. The molecular formula is C15H21N3. The molecule has 1 saturated heterocycles. The third-order valence-electron chi connectivity index (χ3n) is 3.82. The Hall–Kier alpha value is -1.37. The highest BCUT2D eigenvalue weighted by Crippen LogP contribution is 2.23. The molecule has 1 fully saturated rings. The van der Waals surface area contributed by atoms with E-state index in [4.69, 9.17) is 5.73 Å². The van der Waals surface area contributed by atoms with Gasteiger partial charge in [-0.1, -0.05) is 37.3 Å². The highest BCUT2D eigenvalue weighted by Gasteiger charge is 2.28. The van der Waals surface area contributed by atoms with Crippen LogP contribution >= 0.6 is 0 Å². The lowest BCUT2D eigenvalue weighted by molar-refractivity contribution is 0.297. The van der Waals surface area contributed by atoms with Crippen molar-refractivity contribution < 1.29 is 0 Å². The molecule has 2 atom stereocenters. The van der Waals surface area contributed by atoms with E-state index in [0.717, 1.165) is 31.1 Å². The third kappa shape index (κ3) is 2.90. The Morgan fingerprint density at radius 3 is 2.72 bits per heavy atom. The van der Waals surface area contributed by atoms with Crippen LogP contribution in [0.15, 0.2) is 30.3 Å². The van der Waals surface area contributed by atoms with E-state index in [1.165, 1.54) is 6.42 Å². The number of benzene rings is 1. The molecule has 1 heterocycles. The molecule has 3 nitrogen and oxygen atoms in total. The van der Waals surface area contributed by atoms with Crippen LogP contribution in [-0.4, -0.2) is 24.5 Å². The Bertz CT molecular complexity index is 423. The van der Waals surface area contributed by atoms with Crippen LogP contribution < -0.4 is 5.73 Å². The predicted octanol–water partition coefficient (Wildman–Crippen LogP) is 2.10. The van der Waals surface area contributed by atoms with Gasteiger partial charge in [-0.2, -0.15) is 5.26 Å². The van der Waals surface area contributed by atoms with Gasteiger partial charge in [0.25, 0.3) is 0 Å². The Balaban J connectivity index is 1.99. The monoisotopic (exact) mass is 243 g/mol. The van der Waals surface area contributed by atoms with E-state index in [1.54, 1.807) is 0 Å². The van der Waals surface area contributed by atoms with Crippen molar-refractivity contribution in [2.24, 2.45) is 11.7 Å². The smallest absolute Gasteiger partial charge is 0.131 e. The molecular weight excluding hydrogens is 222 g/mol. The summed E-state index contributed by atoms with van der Waals surface area (Å²) in [6, 6.07) is 12.0. The zero-order chi connectivity index (χ0) is 13.0. The van der Waals surface area contributed by atoms with Crippen molar-refractivity contribution >= 4 is 0 Å². The van der Waals surface area contributed by atoms with Gasteiger partial charge in [0.05, 0.1) is 6.07 Å². The molecule has 1 aromatic carbocycles. The summed E-state index contributed by atoms with van der Waals surface area (Å²) in [5.41, 5.74) is 6.31. The standard InChI is InChI=1S/C15H21N3/c1-13-7-9-18(11-13)10-8-15(17,12-16)14-5-3-2-4-6-14/h2-6,13H,7-11,17H2,1H3. The van der Waals surface area contributed by atoms with E-state index >= 15 is 0 Å². The molecule has 1 aliphatic heterocycles. The van der Waals surface area contributed by atoms with E-state index in [0.29, 0.717) is 6.42 Å². The van der Waals surface area contributed by atoms with Crippen molar-refractivity contribution in [3.8, 4) is 6.07 Å². The summed E-state index contributed by atoms with van der Waals surface area (Å²) in [5, 5.41) is 9.37. The molecule has 1 aromatic rings. The van der Waals surface area contributed by atoms with Crippen molar-refractivity contribution in [3.63, 3.8) is 0 Å². The molecule has 1 aliphatic rings. The SMILES string of the molecule is CC1CCN(CCC(N)(C#N)c2ccccc2)C1. The van der Waals surface area contributed by atoms with E-state index < -0.39 is 5.54 Å². The van der Waals surface area contributed by atoms with E-state index in [1.807, 2.05) is 30.3 Å². The first kappa shape index (κ1) is 13.1. The zero-order valence-electron chi connectivity index (χ0n) is 11.0. The normalized spacial score (nSPS) is 23.5. The minimum atomic E-state index is -0.854. The van der Waals surface area contributed by atoms with Crippen LogP contribution in [0.25, 0.3) is 0 Å². The minimum absolute atomic E-state index is 0.695. The second-order valence-electron chi connectivity index (χ2n) is 5.39. The first-order chi connectivity index (χ1) is 8.64. The van der Waals surface area contributed by atoms with Gasteiger partial charge < -0.3 is 10.6 Å². The summed E-state index contributed by atoms with van der Waals surface area (Å²) >= 11 is 0. The number of likely N-dealkylation sites (tertiary alicyclic amines) is 1. The molecule has 2 unspecified atom stereocenters. The second kappa shape index (κ2) is 5.51. The van der Waals surface area contributed by atoms with Crippen LogP contribution in [0.4, 0.5) is 0 Å². The largest absolute Gasteiger partial charge is 0.310 e. The van der Waals surface area contributed by atoms with Crippen molar-refractivity contribution in [1.82, 2.24) is 4.90 Å². The van der Waals surface area contributed by atoms with Crippen LogP contribution in [0.1, 0.15) is 25.3 Å². The van der Waals surface area contributed by atoms with Gasteiger partial charge in [0.15, 0.2) is 0 Å². The van der Waals surface area contributed by atoms with Crippen LogP contribution in [0.3, 0.4) is 0 Å². The van der Waals surface area contributed by atoms with Crippen LogP contribution in [0, 0.1) is 17.2 Å². The Morgan fingerprint density at radius 2 is 2.17 bits per heavy atom. The van der Waals surface area contributed by atoms with Crippen LogP contribution in [-0.2, 0) is 5.54 Å². The number of rotatable bonds is 4. The third-order valence-corrected chi connectivity index (χ3v) is 3.82. The van der Waals surface area contributed by atoms with Crippen LogP contribution in [0.5, 0.6) is 0 Å². The lowest BCUT2D eigenvalue weighted by Gasteiger charge is -2.25. The zero-order valence-corrected chi connectivity index (χ0v) is 11.0. The van der Waals surface area contributed by atoms with Gasteiger partial charge >= 0.3 is 0 Å². The average molecular weight is 243 g/mol. The highest BCUT2D eigenvalue weighted by molar-refractivity contribution is 5.30. The molecule has 0 aromatic heterocycles. The Labute approximate surface area is 109 Å². The lowest BCUT2D eigenvalue weighted by atomic mass is 9.89. The quantitative estimate of drug-likeness (QED) is 0.881. The van der Waals surface area contributed by atoms with Crippen LogP contribution in [0.2, 0.25) is 0 Å². The van der Waals surface area contributed by atoms with Gasteiger partial charge in [-0.3, -0.25) is 0 Å². The molecule has 96 valence electrons. The first-order valence-corrected chi connectivity index (χ1v) is 6.62. The van der Waals surface area contributed by atoms with E-state index in [-0.39, 0.29) is 0 Å². The number of hydrogen-bond donors (Lipinski definition) is 1. The molecule has 18 heavy (non-hydrogen) atoms. The van der Waals surface area contributed by atoms with E-state index in [9.17, 15) is 5.26 Å². The summed E-state index contributed by atoms with van der Waals surface area (Å²) < 4.78 is 0. The van der Waals surface area contributed by atoms with Crippen molar-refractivity contribution in [2.75, 3.05) is 19.6 Å². The summed E-state index contributed by atoms with van der Waals surface area (Å²) in [5.74, 6) is 0.774. The average Bonchev–Trinajstić information content (AvgIpc) is 2.83. The van der Waals surface area contributed by atoms with Gasteiger partial charge in [-0.25, -0.2) is 0 Å². The molecule has 0 amide bonds. The molecule has 3 heteroatoms. The topological polar surface area (TPSA) is 53.0 Å². The molecule has 0 bridgehead atoms. The molecule has 0 saturated carbocycles. The second-order valence-corrected chi connectivity index (χ2v) is 5.39. The highest BCUT2D eigenvalue weighted by atomic mass is 15.1. The fourth-order valence-corrected chi connectivity index (χ4v) is 2.56. The number of nitrogens with two attached hydrogens (primary N) is 1. The fraction of sp³-hybridized carbons (Fsp3) is 0.533. The Kier molecular flexibility index (Phi) is 4.00. The van der Waals surface area contributed by atoms with Gasteiger partial charge in [0.1, 0.15) is 5.54 Å². The first-order valence-electron chi connectivity index (χ1n) is 6.62. The van der Waals surface area contributed by atoms with Crippen molar-refractivity contribution in [2.45, 2.75) is 25.3 Å². The van der Waals surface area contributed by atoms with Gasteiger partial charge in [0, 0.05) is 13.1 Å². The number of hydrogen-bond acceptors (Lipinski definition) is 3. The van der Waals surface area contributed by atoms with Gasteiger partial charge in [-0.15, -0.1) is 0 Å². The van der Waals surface area contributed by atoms with Crippen molar-refractivity contribution in [3.05, 3.63) is 35.9 Å². The minimum Gasteiger partial charge on any atom is -0.310 e. The lowest BCUT2D eigenvalue weighted by Crippen LogP contribution is -2.39. The summed E-state index contributed by atoms with van der Waals surface area (Å²) in [6.45, 7) is 5.45. The summed E-state index contributed by atoms with van der Waals surface area (Å²) in [6.07, 6.45) is 1.95. The van der Waals surface area contributed by atoms with Gasteiger partial charge in [-0.05, 0) is 30.9 Å². The maximum absolute atomic E-state index is 9.37. The maximum atomic E-state index is 9.37. The Morgan fingerprint density at radius 1 is 1.44 bits per heavy atom. The molecule has 0 spiro atoms. The fourth-order valence-electron chi connectivity index (χ4n) is 2.56. The van der Waals surface area contributed by atoms with Gasteiger partial charge in [0.2, 0.25) is 0 Å². The molecule has 2 rings (SSSR count). The molecule has 0 aliphatic carbocycles.